The van der Waals surface area contributed by atoms with Gasteiger partial charge in [-0.15, -0.1) is 0 Å². The number of halogens is 1. The molecule has 1 heterocycles. The number of aromatic hydroxyl groups is 2. The van der Waals surface area contributed by atoms with Gasteiger partial charge in [-0.05, 0) is 54.3 Å². The average molecular weight is 358 g/mol. The maximum absolute atomic E-state index is 10.3. The molecule has 0 saturated heterocycles. The van der Waals surface area contributed by atoms with E-state index in [-0.39, 0.29) is 12.0 Å². The van der Waals surface area contributed by atoms with Crippen LogP contribution in [0.15, 0.2) is 53.0 Å². The van der Waals surface area contributed by atoms with Crippen molar-refractivity contribution in [2.45, 2.75) is 18.4 Å². The fraction of sp³-hybridized carbons (Fsp3) is 0.222. The molecule has 0 bridgehead atoms. The van der Waals surface area contributed by atoms with Crippen molar-refractivity contribution >= 4 is 21.6 Å². The summed E-state index contributed by atoms with van der Waals surface area (Å²) in [5.74, 6) is 1.22. The number of hydrogen-bond acceptors (Lipinski definition) is 3. The van der Waals surface area contributed by atoms with Crippen LogP contribution in [0.25, 0.3) is 0 Å². The van der Waals surface area contributed by atoms with Crippen LogP contribution in [0.3, 0.4) is 0 Å². The third kappa shape index (κ3) is 2.10. The Morgan fingerprint density at radius 3 is 2.77 bits per heavy atom. The number of nitrogens with one attached hydrogen (secondary N) is 1. The van der Waals surface area contributed by atoms with Gasteiger partial charge in [0, 0.05) is 21.6 Å². The Morgan fingerprint density at radius 1 is 1.05 bits per heavy atom. The van der Waals surface area contributed by atoms with E-state index in [4.69, 9.17) is 0 Å². The molecule has 3 unspecified atom stereocenters. The van der Waals surface area contributed by atoms with Crippen molar-refractivity contribution in [3.8, 4) is 11.5 Å². The lowest BCUT2D eigenvalue weighted by Crippen LogP contribution is -2.29. The van der Waals surface area contributed by atoms with Crippen molar-refractivity contribution in [3.05, 3.63) is 64.1 Å². The number of fused-ring (bicyclic) bond motifs is 3. The molecular weight excluding hydrogens is 342 g/mol. The molecule has 2 aliphatic rings. The Balaban J connectivity index is 1.83. The van der Waals surface area contributed by atoms with Crippen LogP contribution in [-0.4, -0.2) is 10.2 Å². The summed E-state index contributed by atoms with van der Waals surface area (Å²) in [4.78, 5) is 0. The highest BCUT2D eigenvalue weighted by Gasteiger charge is 2.38. The first-order chi connectivity index (χ1) is 10.6. The Hall–Kier alpha value is -1.94. The molecule has 3 N–H and O–H groups in total. The van der Waals surface area contributed by atoms with E-state index in [1.807, 2.05) is 24.3 Å². The highest BCUT2D eigenvalue weighted by atomic mass is 79.9. The minimum Gasteiger partial charge on any atom is -0.508 e. The summed E-state index contributed by atoms with van der Waals surface area (Å²) in [6.07, 6.45) is 5.37. The van der Waals surface area contributed by atoms with E-state index in [0.29, 0.717) is 17.4 Å². The van der Waals surface area contributed by atoms with Crippen molar-refractivity contribution in [1.29, 1.82) is 0 Å². The van der Waals surface area contributed by atoms with Crippen molar-refractivity contribution in [2.24, 2.45) is 5.92 Å². The zero-order valence-electron chi connectivity index (χ0n) is 11.8. The van der Waals surface area contributed by atoms with Crippen LogP contribution >= 0.6 is 15.9 Å². The second-order valence-electron chi connectivity index (χ2n) is 5.95. The van der Waals surface area contributed by atoms with E-state index >= 15 is 0 Å². The first kappa shape index (κ1) is 13.7. The summed E-state index contributed by atoms with van der Waals surface area (Å²) in [6, 6.07) is 11.1. The molecule has 0 amide bonds. The van der Waals surface area contributed by atoms with Gasteiger partial charge in [-0.25, -0.2) is 0 Å². The van der Waals surface area contributed by atoms with Crippen molar-refractivity contribution in [2.75, 3.05) is 5.32 Å². The summed E-state index contributed by atoms with van der Waals surface area (Å²) in [5, 5.41) is 23.6. The summed E-state index contributed by atoms with van der Waals surface area (Å²) in [6.45, 7) is 0. The first-order valence-electron chi connectivity index (χ1n) is 7.38. The van der Waals surface area contributed by atoms with Gasteiger partial charge in [0.25, 0.3) is 0 Å². The fourth-order valence-electron chi connectivity index (χ4n) is 3.66. The molecule has 2 aromatic rings. The lowest BCUT2D eigenvalue weighted by Gasteiger charge is -2.37. The summed E-state index contributed by atoms with van der Waals surface area (Å²) >= 11 is 3.49. The molecule has 2 aromatic carbocycles. The highest BCUT2D eigenvalue weighted by molar-refractivity contribution is 9.10. The lowest BCUT2D eigenvalue weighted by molar-refractivity contribution is 0.400. The molecule has 4 heteroatoms. The molecule has 0 radical (unpaired) electrons. The number of phenolic OH excluding ortho intramolecular Hbond substituents is 2. The van der Waals surface area contributed by atoms with Gasteiger partial charge in [-0.1, -0.05) is 28.1 Å². The first-order valence-corrected chi connectivity index (χ1v) is 8.17. The molecule has 0 fully saturated rings. The predicted octanol–water partition coefficient (Wildman–Crippen LogP) is 4.69. The minimum atomic E-state index is 0.0505. The van der Waals surface area contributed by atoms with E-state index in [0.717, 1.165) is 27.7 Å². The van der Waals surface area contributed by atoms with E-state index in [9.17, 15) is 10.2 Å². The van der Waals surface area contributed by atoms with Gasteiger partial charge in [-0.2, -0.15) is 0 Å². The van der Waals surface area contributed by atoms with Crippen LogP contribution in [0.4, 0.5) is 5.69 Å². The molecule has 3 atom stereocenters. The van der Waals surface area contributed by atoms with E-state index in [1.165, 1.54) is 0 Å². The van der Waals surface area contributed by atoms with E-state index < -0.39 is 0 Å². The number of phenols is 2. The van der Waals surface area contributed by atoms with Gasteiger partial charge in [0.2, 0.25) is 0 Å². The van der Waals surface area contributed by atoms with Gasteiger partial charge in [-0.3, -0.25) is 0 Å². The fourth-order valence-corrected chi connectivity index (χ4v) is 4.04. The van der Waals surface area contributed by atoms with Gasteiger partial charge < -0.3 is 15.5 Å². The second kappa shape index (κ2) is 5.06. The lowest BCUT2D eigenvalue weighted by atomic mass is 9.77. The zero-order chi connectivity index (χ0) is 15.3. The Kier molecular flexibility index (Phi) is 3.15. The molecule has 22 heavy (non-hydrogen) atoms. The predicted molar refractivity (Wildman–Crippen MR) is 90.3 cm³/mol. The molecule has 0 saturated carbocycles. The standard InChI is InChI=1S/C18H16BrNO2/c19-10-4-7-17(22)15(8-10)18-13-3-1-2-12(13)14-9-11(21)5-6-16(14)20-18/h1-2,4-9,12-13,18,20-22H,3H2. The number of benzene rings is 2. The summed E-state index contributed by atoms with van der Waals surface area (Å²) in [7, 11) is 0. The largest absolute Gasteiger partial charge is 0.508 e. The Morgan fingerprint density at radius 2 is 1.91 bits per heavy atom. The third-order valence-corrected chi connectivity index (χ3v) is 5.16. The normalized spacial score (nSPS) is 25.4. The Labute approximate surface area is 137 Å². The number of allylic oxidation sites excluding steroid dienone is 2. The summed E-state index contributed by atoms with van der Waals surface area (Å²) in [5.41, 5.74) is 3.06. The molecule has 0 spiro atoms. The van der Waals surface area contributed by atoms with E-state index in [1.54, 1.807) is 12.1 Å². The monoisotopic (exact) mass is 357 g/mol. The average Bonchev–Trinajstić information content (AvgIpc) is 2.99. The zero-order valence-corrected chi connectivity index (χ0v) is 13.4. The second-order valence-corrected chi connectivity index (χ2v) is 6.87. The quantitative estimate of drug-likeness (QED) is 0.512. The van der Waals surface area contributed by atoms with Crippen molar-refractivity contribution in [1.82, 2.24) is 0 Å². The number of rotatable bonds is 1. The summed E-state index contributed by atoms with van der Waals surface area (Å²) < 4.78 is 0.959. The van der Waals surface area contributed by atoms with Crippen molar-refractivity contribution < 1.29 is 10.2 Å². The van der Waals surface area contributed by atoms with Crippen molar-refractivity contribution in [3.63, 3.8) is 0 Å². The number of hydrogen-bond donors (Lipinski definition) is 3. The maximum Gasteiger partial charge on any atom is 0.120 e. The molecule has 1 aliphatic heterocycles. The van der Waals surface area contributed by atoms with Gasteiger partial charge >= 0.3 is 0 Å². The van der Waals surface area contributed by atoms with Crippen LogP contribution in [0.5, 0.6) is 11.5 Å². The van der Waals surface area contributed by atoms with Crippen LogP contribution in [0.2, 0.25) is 0 Å². The SMILES string of the molecule is Oc1ccc2c(c1)C1C=CCC1C(c1cc(Br)ccc1O)N2. The molecule has 3 nitrogen and oxygen atoms in total. The topological polar surface area (TPSA) is 52.5 Å². The van der Waals surface area contributed by atoms with Crippen LogP contribution in [0, 0.1) is 5.92 Å². The van der Waals surface area contributed by atoms with E-state index in [2.05, 4.69) is 33.4 Å². The van der Waals surface area contributed by atoms with Crippen LogP contribution in [0.1, 0.15) is 29.5 Å². The van der Waals surface area contributed by atoms with Gasteiger partial charge in [0.15, 0.2) is 0 Å². The highest BCUT2D eigenvalue weighted by Crippen LogP contribution is 2.51. The minimum absolute atomic E-state index is 0.0505. The third-order valence-electron chi connectivity index (χ3n) is 4.67. The number of anilines is 1. The molecule has 4 rings (SSSR count). The van der Waals surface area contributed by atoms with Crippen LogP contribution < -0.4 is 5.32 Å². The Bertz CT molecular complexity index is 772. The van der Waals surface area contributed by atoms with Crippen LogP contribution in [-0.2, 0) is 0 Å². The smallest absolute Gasteiger partial charge is 0.120 e. The molecule has 0 aromatic heterocycles. The maximum atomic E-state index is 10.3. The molecular formula is C18H16BrNO2. The van der Waals surface area contributed by atoms with Gasteiger partial charge in [0.05, 0.1) is 6.04 Å². The van der Waals surface area contributed by atoms with Gasteiger partial charge in [0.1, 0.15) is 11.5 Å². The molecule has 1 aliphatic carbocycles. The molecule has 112 valence electrons.